The van der Waals surface area contributed by atoms with Gasteiger partial charge in [-0.1, -0.05) is 6.07 Å². The molecule has 0 fully saturated rings. The summed E-state index contributed by atoms with van der Waals surface area (Å²) < 4.78 is 0. The highest BCUT2D eigenvalue weighted by Crippen LogP contribution is 2.17. The molecule has 0 aliphatic carbocycles. The predicted molar refractivity (Wildman–Crippen MR) is 66.7 cm³/mol. The molecular formula is C12H10OS2. The van der Waals surface area contributed by atoms with Crippen molar-refractivity contribution < 1.29 is 4.79 Å². The first-order valence-electron chi connectivity index (χ1n) is 4.58. The molecule has 3 heteroatoms. The van der Waals surface area contributed by atoms with Gasteiger partial charge in [0.1, 0.15) is 0 Å². The summed E-state index contributed by atoms with van der Waals surface area (Å²) in [7, 11) is 0. The fraction of sp³-hybridized carbons (Fsp3) is 0.0833. The van der Waals surface area contributed by atoms with Crippen LogP contribution in [0.5, 0.6) is 0 Å². The van der Waals surface area contributed by atoms with Crippen molar-refractivity contribution in [3.8, 4) is 0 Å². The second-order valence-electron chi connectivity index (χ2n) is 3.12. The van der Waals surface area contributed by atoms with Crippen molar-refractivity contribution in [2.45, 2.75) is 6.92 Å². The lowest BCUT2D eigenvalue weighted by Crippen LogP contribution is -1.87. The van der Waals surface area contributed by atoms with Crippen LogP contribution in [0.4, 0.5) is 0 Å². The Kier molecular flexibility index (Phi) is 3.14. The van der Waals surface area contributed by atoms with Crippen molar-refractivity contribution in [3.05, 3.63) is 50.4 Å². The second kappa shape index (κ2) is 4.55. The Labute approximate surface area is 96.7 Å². The number of thiophene rings is 2. The lowest BCUT2D eigenvalue weighted by molar-refractivity contribution is 0.105. The van der Waals surface area contributed by atoms with Crippen molar-refractivity contribution in [1.82, 2.24) is 0 Å². The van der Waals surface area contributed by atoms with E-state index in [2.05, 4.69) is 0 Å². The van der Waals surface area contributed by atoms with Gasteiger partial charge in [-0.25, -0.2) is 0 Å². The Bertz CT molecular complexity index is 477. The molecule has 0 amide bonds. The number of ketones is 1. The van der Waals surface area contributed by atoms with Crippen LogP contribution in [0.15, 0.2) is 35.7 Å². The minimum absolute atomic E-state index is 0.0847. The van der Waals surface area contributed by atoms with Crippen molar-refractivity contribution in [2.24, 2.45) is 0 Å². The summed E-state index contributed by atoms with van der Waals surface area (Å²) in [5, 5.41) is 2.00. The zero-order chi connectivity index (χ0) is 10.7. The number of allylic oxidation sites excluding steroid dienone is 1. The van der Waals surface area contributed by atoms with Crippen molar-refractivity contribution in [1.29, 1.82) is 0 Å². The van der Waals surface area contributed by atoms with E-state index in [1.807, 2.05) is 42.6 Å². The highest BCUT2D eigenvalue weighted by atomic mass is 32.1. The van der Waals surface area contributed by atoms with E-state index in [-0.39, 0.29) is 5.78 Å². The summed E-state index contributed by atoms with van der Waals surface area (Å²) in [4.78, 5) is 14.8. The lowest BCUT2D eigenvalue weighted by atomic mass is 10.3. The number of aryl methyl sites for hydroxylation is 1. The van der Waals surface area contributed by atoms with Gasteiger partial charge in [0.05, 0.1) is 4.88 Å². The van der Waals surface area contributed by atoms with Gasteiger partial charge in [-0.15, -0.1) is 22.7 Å². The van der Waals surface area contributed by atoms with Crippen LogP contribution in [-0.2, 0) is 0 Å². The molecule has 0 aliphatic heterocycles. The summed E-state index contributed by atoms with van der Waals surface area (Å²) in [5.74, 6) is 0.0847. The van der Waals surface area contributed by atoms with Gasteiger partial charge < -0.3 is 0 Å². The average molecular weight is 234 g/mol. The normalized spacial score (nSPS) is 11.0. The van der Waals surface area contributed by atoms with Crippen LogP contribution in [-0.4, -0.2) is 5.78 Å². The number of hydrogen-bond acceptors (Lipinski definition) is 3. The van der Waals surface area contributed by atoms with Gasteiger partial charge in [-0.05, 0) is 42.7 Å². The molecule has 2 rings (SSSR count). The molecule has 0 aromatic carbocycles. The molecule has 0 radical (unpaired) electrons. The highest BCUT2D eigenvalue weighted by molar-refractivity contribution is 7.14. The molecule has 0 bridgehead atoms. The minimum atomic E-state index is 0.0847. The molecule has 0 atom stereocenters. The maximum Gasteiger partial charge on any atom is 0.195 e. The third-order valence-electron chi connectivity index (χ3n) is 1.93. The van der Waals surface area contributed by atoms with Crippen molar-refractivity contribution in [3.63, 3.8) is 0 Å². The molecule has 0 saturated carbocycles. The Morgan fingerprint density at radius 2 is 2.20 bits per heavy atom. The Morgan fingerprint density at radius 1 is 1.33 bits per heavy atom. The third-order valence-corrected chi connectivity index (χ3v) is 3.78. The second-order valence-corrected chi connectivity index (χ2v) is 5.39. The van der Waals surface area contributed by atoms with Crippen LogP contribution >= 0.6 is 22.7 Å². The SMILES string of the molecule is Cc1ccc(C(=O)C=Cc2cccs2)s1. The zero-order valence-electron chi connectivity index (χ0n) is 8.27. The van der Waals surface area contributed by atoms with E-state index in [9.17, 15) is 4.79 Å². The molecule has 1 nitrogen and oxygen atoms in total. The monoisotopic (exact) mass is 234 g/mol. The first kappa shape index (κ1) is 10.3. The first-order valence-corrected chi connectivity index (χ1v) is 6.28. The van der Waals surface area contributed by atoms with Crippen molar-refractivity contribution in [2.75, 3.05) is 0 Å². The molecule has 2 heterocycles. The van der Waals surface area contributed by atoms with Gasteiger partial charge in [-0.3, -0.25) is 4.79 Å². The van der Waals surface area contributed by atoms with E-state index >= 15 is 0 Å². The average Bonchev–Trinajstić information content (AvgIpc) is 2.84. The molecule has 0 N–H and O–H groups in total. The first-order chi connectivity index (χ1) is 7.25. The molecule has 76 valence electrons. The van der Waals surface area contributed by atoms with E-state index in [0.29, 0.717) is 0 Å². The highest BCUT2D eigenvalue weighted by Gasteiger charge is 2.03. The molecule has 15 heavy (non-hydrogen) atoms. The molecule has 0 aliphatic rings. The minimum Gasteiger partial charge on any atom is -0.288 e. The predicted octanol–water partition coefficient (Wildman–Crippen LogP) is 4.01. The van der Waals surface area contributed by atoms with Crippen LogP contribution in [0.1, 0.15) is 19.4 Å². The molecular weight excluding hydrogens is 224 g/mol. The van der Waals surface area contributed by atoms with E-state index < -0.39 is 0 Å². The van der Waals surface area contributed by atoms with Gasteiger partial charge in [0, 0.05) is 9.75 Å². The van der Waals surface area contributed by atoms with E-state index in [1.54, 1.807) is 17.4 Å². The quantitative estimate of drug-likeness (QED) is 0.579. The van der Waals surface area contributed by atoms with Gasteiger partial charge in [-0.2, -0.15) is 0 Å². The molecule has 0 saturated heterocycles. The van der Waals surface area contributed by atoms with Gasteiger partial charge in [0.15, 0.2) is 5.78 Å². The third kappa shape index (κ3) is 2.64. The Morgan fingerprint density at radius 3 is 2.80 bits per heavy atom. The van der Waals surface area contributed by atoms with Crippen LogP contribution in [0, 0.1) is 6.92 Å². The van der Waals surface area contributed by atoms with Crippen LogP contribution in [0.3, 0.4) is 0 Å². The lowest BCUT2D eigenvalue weighted by Gasteiger charge is -1.87. The zero-order valence-corrected chi connectivity index (χ0v) is 9.90. The number of hydrogen-bond donors (Lipinski definition) is 0. The number of rotatable bonds is 3. The molecule has 2 aromatic heterocycles. The molecule has 0 unspecified atom stereocenters. The summed E-state index contributed by atoms with van der Waals surface area (Å²) >= 11 is 3.17. The number of carbonyl (C=O) groups excluding carboxylic acids is 1. The fourth-order valence-corrected chi connectivity index (χ4v) is 2.60. The summed E-state index contributed by atoms with van der Waals surface area (Å²) in [6, 6.07) is 7.82. The maximum absolute atomic E-state index is 11.7. The van der Waals surface area contributed by atoms with E-state index in [0.717, 1.165) is 9.75 Å². The van der Waals surface area contributed by atoms with Gasteiger partial charge in [0.25, 0.3) is 0 Å². The van der Waals surface area contributed by atoms with E-state index in [4.69, 9.17) is 0 Å². The summed E-state index contributed by atoms with van der Waals surface area (Å²) in [5.41, 5.74) is 0. The Hall–Kier alpha value is -1.19. The van der Waals surface area contributed by atoms with Gasteiger partial charge >= 0.3 is 0 Å². The topological polar surface area (TPSA) is 17.1 Å². The maximum atomic E-state index is 11.7. The van der Waals surface area contributed by atoms with Crippen LogP contribution in [0.25, 0.3) is 6.08 Å². The smallest absolute Gasteiger partial charge is 0.195 e. The van der Waals surface area contributed by atoms with Crippen LogP contribution in [0.2, 0.25) is 0 Å². The van der Waals surface area contributed by atoms with E-state index in [1.165, 1.54) is 16.2 Å². The fourth-order valence-electron chi connectivity index (χ4n) is 1.19. The molecule has 0 spiro atoms. The molecule has 2 aromatic rings. The van der Waals surface area contributed by atoms with Crippen LogP contribution < -0.4 is 0 Å². The largest absolute Gasteiger partial charge is 0.288 e. The van der Waals surface area contributed by atoms with Crippen molar-refractivity contribution >= 4 is 34.5 Å². The standard InChI is InChI=1S/C12H10OS2/c1-9-4-7-12(15-9)11(13)6-5-10-3-2-8-14-10/h2-8H,1H3. The Balaban J connectivity index is 2.10. The summed E-state index contributed by atoms with van der Waals surface area (Å²) in [6.45, 7) is 2.00. The summed E-state index contributed by atoms with van der Waals surface area (Å²) in [6.07, 6.45) is 3.50. The number of carbonyl (C=O) groups is 1. The van der Waals surface area contributed by atoms with Gasteiger partial charge in [0.2, 0.25) is 0 Å².